The number of furan rings is 2. The summed E-state index contributed by atoms with van der Waals surface area (Å²) in [6, 6.07) is 73.9. The normalized spacial score (nSPS) is 12.0. The Morgan fingerprint density at radius 1 is 0.233 bits per heavy atom. The average molecular weight is 767 g/mol. The van der Waals surface area contributed by atoms with Gasteiger partial charge in [-0.1, -0.05) is 84.9 Å². The second-order valence-electron chi connectivity index (χ2n) is 15.8. The zero-order valence-electron chi connectivity index (χ0n) is 32.3. The first-order valence-corrected chi connectivity index (χ1v) is 20.4. The molecule has 4 nitrogen and oxygen atoms in total. The highest BCUT2D eigenvalue weighted by atomic mass is 16.3. The van der Waals surface area contributed by atoms with E-state index < -0.39 is 0 Å². The lowest BCUT2D eigenvalue weighted by molar-refractivity contribution is 0.668. The zero-order chi connectivity index (χ0) is 39.3. The summed E-state index contributed by atoms with van der Waals surface area (Å²) in [7, 11) is 0. The third kappa shape index (κ3) is 5.04. The molecule has 12 aromatic rings. The molecule has 0 saturated carbocycles. The molecule has 13 rings (SSSR count). The van der Waals surface area contributed by atoms with Crippen LogP contribution in [-0.4, -0.2) is 0 Å². The summed E-state index contributed by atoms with van der Waals surface area (Å²) in [5.41, 5.74) is 15.4. The highest BCUT2D eigenvalue weighted by Crippen LogP contribution is 2.51. The van der Waals surface area contributed by atoms with Crippen molar-refractivity contribution in [2.75, 3.05) is 9.80 Å². The van der Waals surface area contributed by atoms with Crippen LogP contribution >= 0.6 is 0 Å². The number of para-hydroxylation sites is 4. The van der Waals surface area contributed by atoms with Crippen LogP contribution in [0.25, 0.3) is 87.7 Å². The van der Waals surface area contributed by atoms with Gasteiger partial charge in [-0.15, -0.1) is 0 Å². The van der Waals surface area contributed by atoms with Crippen molar-refractivity contribution in [2.24, 2.45) is 0 Å². The van der Waals surface area contributed by atoms with Gasteiger partial charge < -0.3 is 18.6 Å². The zero-order valence-corrected chi connectivity index (χ0v) is 32.3. The van der Waals surface area contributed by atoms with Gasteiger partial charge in [0.2, 0.25) is 0 Å². The Morgan fingerprint density at radius 2 is 0.583 bits per heavy atom. The summed E-state index contributed by atoms with van der Waals surface area (Å²) in [5.74, 6) is 0. The van der Waals surface area contributed by atoms with Gasteiger partial charge >= 0.3 is 0 Å². The molecule has 0 N–H and O–H groups in total. The number of hydrogen-bond donors (Lipinski definition) is 0. The smallest absolute Gasteiger partial charge is 0.135 e. The summed E-state index contributed by atoms with van der Waals surface area (Å²) < 4.78 is 12.4. The summed E-state index contributed by atoms with van der Waals surface area (Å²) >= 11 is 0. The monoisotopic (exact) mass is 766 g/mol. The molecule has 0 radical (unpaired) electrons. The first-order valence-electron chi connectivity index (χ1n) is 20.4. The molecule has 4 heteroatoms. The molecule has 0 spiro atoms. The van der Waals surface area contributed by atoms with Gasteiger partial charge in [-0.05, 0) is 165 Å². The average Bonchev–Trinajstić information content (AvgIpc) is 3.87. The topological polar surface area (TPSA) is 32.8 Å². The number of nitrogens with zero attached hydrogens (tertiary/aromatic N) is 2. The van der Waals surface area contributed by atoms with E-state index in [4.69, 9.17) is 8.83 Å². The molecule has 1 aliphatic carbocycles. The molecule has 2 heterocycles. The molecule has 0 fully saturated rings. The quantitative estimate of drug-likeness (QED) is 0.169. The molecule has 1 aliphatic rings. The van der Waals surface area contributed by atoms with Crippen molar-refractivity contribution in [3.63, 3.8) is 0 Å². The van der Waals surface area contributed by atoms with E-state index in [0.717, 1.165) is 78.0 Å². The first-order chi connectivity index (χ1) is 29.7. The molecular weight excluding hydrogens is 733 g/mol. The predicted octanol–water partition coefficient (Wildman–Crippen LogP) is 16.4. The standard InChI is InChI=1S/C56H34N2O2/c1-3-11-39(12-4-1)57(43-23-25-55-51(33-43)45-15-7-9-17-53(45)59-55)41-21-19-35-29-47-49(31-37(35)27-41)48-30-36-20-22-42(28-38(36)32-50(47)48)58(40-13-5-2-6-14-40)44-24-26-56-52(34-44)46-16-8-10-18-54(46)60-56/h1-34H. The van der Waals surface area contributed by atoms with Crippen molar-refractivity contribution in [1.29, 1.82) is 0 Å². The van der Waals surface area contributed by atoms with Crippen LogP contribution in [0.1, 0.15) is 0 Å². The third-order valence-corrected chi connectivity index (χ3v) is 12.3. The Morgan fingerprint density at radius 3 is 1.03 bits per heavy atom. The van der Waals surface area contributed by atoms with Gasteiger partial charge in [-0.2, -0.15) is 0 Å². The molecule has 280 valence electrons. The van der Waals surface area contributed by atoms with Crippen LogP contribution in [0, 0.1) is 0 Å². The minimum atomic E-state index is 0.891. The van der Waals surface area contributed by atoms with Gasteiger partial charge in [0, 0.05) is 55.7 Å². The summed E-state index contributed by atoms with van der Waals surface area (Å²) in [6.07, 6.45) is 0. The maximum atomic E-state index is 6.19. The van der Waals surface area contributed by atoms with E-state index in [1.54, 1.807) is 0 Å². The van der Waals surface area contributed by atoms with Crippen molar-refractivity contribution in [1.82, 2.24) is 0 Å². The van der Waals surface area contributed by atoms with Crippen LogP contribution in [0.3, 0.4) is 0 Å². The Kier molecular flexibility index (Phi) is 6.98. The molecule has 0 atom stereocenters. The minimum absolute atomic E-state index is 0.891. The van der Waals surface area contributed by atoms with E-state index in [1.807, 2.05) is 24.3 Å². The van der Waals surface area contributed by atoms with Gasteiger partial charge in [0.05, 0.1) is 0 Å². The number of fused-ring (bicyclic) bond motifs is 12. The molecule has 10 aromatic carbocycles. The van der Waals surface area contributed by atoms with Crippen molar-refractivity contribution < 1.29 is 8.83 Å². The van der Waals surface area contributed by atoms with Crippen molar-refractivity contribution in [3.05, 3.63) is 206 Å². The fourth-order valence-corrected chi connectivity index (χ4v) is 9.43. The Balaban J connectivity index is 0.891. The highest BCUT2D eigenvalue weighted by Gasteiger charge is 2.25. The highest BCUT2D eigenvalue weighted by molar-refractivity contribution is 6.13. The van der Waals surface area contributed by atoms with E-state index in [2.05, 4.69) is 192 Å². The SMILES string of the molecule is c1ccc(N(c2ccc3cc4c(cc3c2)-c2cc3ccc(N(c5ccccc5)c5ccc6oc7ccccc7c6c5)cc3cc2-4)c2ccc3oc4ccccc4c3c2)cc1. The largest absolute Gasteiger partial charge is 0.456 e. The molecule has 60 heavy (non-hydrogen) atoms. The van der Waals surface area contributed by atoms with Crippen molar-refractivity contribution in [2.45, 2.75) is 0 Å². The first kappa shape index (κ1) is 32.9. The predicted molar refractivity (Wildman–Crippen MR) is 250 cm³/mol. The van der Waals surface area contributed by atoms with Gasteiger partial charge in [-0.3, -0.25) is 0 Å². The second-order valence-corrected chi connectivity index (χ2v) is 15.8. The number of rotatable bonds is 6. The summed E-state index contributed by atoms with van der Waals surface area (Å²) in [6.45, 7) is 0. The lowest BCUT2D eigenvalue weighted by Gasteiger charge is -2.28. The molecule has 0 bridgehead atoms. The maximum absolute atomic E-state index is 6.19. The summed E-state index contributed by atoms with van der Waals surface area (Å²) in [4.78, 5) is 4.68. The van der Waals surface area contributed by atoms with Crippen LogP contribution < -0.4 is 9.80 Å². The third-order valence-electron chi connectivity index (χ3n) is 12.3. The maximum Gasteiger partial charge on any atom is 0.135 e. The minimum Gasteiger partial charge on any atom is -0.456 e. The van der Waals surface area contributed by atoms with E-state index >= 15 is 0 Å². The molecule has 0 amide bonds. The molecular formula is C56H34N2O2. The van der Waals surface area contributed by atoms with Gasteiger partial charge in [-0.25, -0.2) is 0 Å². The van der Waals surface area contributed by atoms with Crippen LogP contribution in [0.2, 0.25) is 0 Å². The molecule has 2 aromatic heterocycles. The van der Waals surface area contributed by atoms with Gasteiger partial charge in [0.1, 0.15) is 22.3 Å². The van der Waals surface area contributed by atoms with Crippen LogP contribution in [0.5, 0.6) is 0 Å². The lowest BCUT2D eigenvalue weighted by atomic mass is 9.78. The van der Waals surface area contributed by atoms with Gasteiger partial charge in [0.15, 0.2) is 0 Å². The van der Waals surface area contributed by atoms with Crippen LogP contribution in [0.15, 0.2) is 215 Å². The van der Waals surface area contributed by atoms with E-state index in [1.165, 1.54) is 43.8 Å². The summed E-state index contributed by atoms with van der Waals surface area (Å²) in [5, 5.41) is 9.33. The van der Waals surface area contributed by atoms with E-state index in [9.17, 15) is 0 Å². The van der Waals surface area contributed by atoms with E-state index in [-0.39, 0.29) is 0 Å². The van der Waals surface area contributed by atoms with Crippen LogP contribution in [0.4, 0.5) is 34.1 Å². The van der Waals surface area contributed by atoms with Crippen molar-refractivity contribution in [3.8, 4) is 22.3 Å². The number of benzene rings is 10. The molecule has 0 aliphatic heterocycles. The number of hydrogen-bond acceptors (Lipinski definition) is 4. The van der Waals surface area contributed by atoms with Crippen molar-refractivity contribution >= 4 is 99.5 Å². The number of anilines is 6. The van der Waals surface area contributed by atoms with Crippen LogP contribution in [-0.2, 0) is 0 Å². The second kappa shape index (κ2) is 12.7. The van der Waals surface area contributed by atoms with Gasteiger partial charge in [0.25, 0.3) is 0 Å². The molecule has 0 saturated heterocycles. The Labute approximate surface area is 345 Å². The Hall–Kier alpha value is -8.08. The fraction of sp³-hybridized carbons (Fsp3) is 0. The van der Waals surface area contributed by atoms with E-state index in [0.29, 0.717) is 0 Å². The fourth-order valence-electron chi connectivity index (χ4n) is 9.43. The Bertz CT molecular complexity index is 3420. The lowest BCUT2D eigenvalue weighted by Crippen LogP contribution is -2.10. The molecule has 0 unspecified atom stereocenters.